The van der Waals surface area contributed by atoms with Crippen LogP contribution in [-0.2, 0) is 19.9 Å². The van der Waals surface area contributed by atoms with E-state index in [1.54, 1.807) is 16.9 Å². The molecule has 3 aliphatic heterocycles. The number of methoxy groups -OCH3 is 1. The molecule has 6 rings (SSSR count). The minimum atomic E-state index is -1.06. The van der Waals surface area contributed by atoms with Gasteiger partial charge in [-0.1, -0.05) is 30.3 Å². The Hall–Kier alpha value is -3.36. The summed E-state index contributed by atoms with van der Waals surface area (Å²) in [6.45, 7) is 7.33. The second-order valence-corrected chi connectivity index (χ2v) is 10.4. The van der Waals surface area contributed by atoms with E-state index in [-0.39, 0.29) is 24.3 Å². The monoisotopic (exact) mass is 502 g/mol. The molecule has 0 saturated carbocycles. The van der Waals surface area contributed by atoms with Gasteiger partial charge < -0.3 is 24.3 Å². The number of carbonyl (C=O) groups is 2. The highest BCUT2D eigenvalue weighted by Gasteiger charge is 2.56. The van der Waals surface area contributed by atoms with Gasteiger partial charge in [-0.15, -0.1) is 0 Å². The minimum Gasteiger partial charge on any atom is -0.497 e. The Morgan fingerprint density at radius 3 is 2.57 bits per heavy atom. The number of aromatic amines is 1. The summed E-state index contributed by atoms with van der Waals surface area (Å²) in [5.74, 6) is 0.738. The second-order valence-electron chi connectivity index (χ2n) is 10.4. The number of para-hydroxylation sites is 1. The van der Waals surface area contributed by atoms with E-state index in [0.29, 0.717) is 13.1 Å². The number of nitrogens with zero attached hydrogens (tertiary/aromatic N) is 3. The van der Waals surface area contributed by atoms with Gasteiger partial charge in [0.2, 0.25) is 5.91 Å². The molecule has 37 heavy (non-hydrogen) atoms. The van der Waals surface area contributed by atoms with E-state index in [4.69, 9.17) is 9.47 Å². The molecule has 2 atom stereocenters. The Bertz CT molecular complexity index is 1310. The van der Waals surface area contributed by atoms with Crippen LogP contribution in [0.3, 0.4) is 0 Å². The molecule has 0 bridgehead atoms. The highest BCUT2D eigenvalue weighted by molar-refractivity contribution is 6.01. The summed E-state index contributed by atoms with van der Waals surface area (Å²) in [5.41, 5.74) is 2.96. The number of fused-ring (bicyclic) bond motifs is 5. The van der Waals surface area contributed by atoms with Gasteiger partial charge in [-0.3, -0.25) is 14.5 Å². The summed E-state index contributed by atoms with van der Waals surface area (Å²) in [4.78, 5) is 37.3. The van der Waals surface area contributed by atoms with Gasteiger partial charge in [0.25, 0.3) is 5.91 Å². The standard InChI is InChI=1S/C29H34N4O4/c1-29-27-26(22-6-3-4-7-24(22)30-27)23(20-8-10-21(36-2)11-9-20)18-33(29)25(34)19-32(28(29)35)13-5-12-31-14-16-37-17-15-31/h3-4,6-11,23,30H,5,12-19H2,1-2H3/t23?,29-/m0/s1. The Kier molecular flexibility index (Phi) is 6.16. The molecule has 3 aromatic rings. The molecule has 3 aliphatic rings. The van der Waals surface area contributed by atoms with E-state index in [1.165, 1.54) is 0 Å². The van der Waals surface area contributed by atoms with Crippen molar-refractivity contribution in [1.29, 1.82) is 0 Å². The third kappa shape index (κ3) is 3.99. The van der Waals surface area contributed by atoms with E-state index in [9.17, 15) is 9.59 Å². The van der Waals surface area contributed by atoms with Gasteiger partial charge in [0, 0.05) is 49.5 Å². The predicted molar refractivity (Wildman–Crippen MR) is 141 cm³/mol. The number of ether oxygens (including phenoxy) is 2. The van der Waals surface area contributed by atoms with Crippen molar-refractivity contribution in [1.82, 2.24) is 19.7 Å². The van der Waals surface area contributed by atoms with Crippen molar-refractivity contribution in [3.63, 3.8) is 0 Å². The zero-order valence-corrected chi connectivity index (χ0v) is 21.5. The molecule has 0 aliphatic carbocycles. The summed E-state index contributed by atoms with van der Waals surface area (Å²) >= 11 is 0. The van der Waals surface area contributed by atoms with Gasteiger partial charge >= 0.3 is 0 Å². The lowest BCUT2D eigenvalue weighted by atomic mass is 9.76. The van der Waals surface area contributed by atoms with Crippen molar-refractivity contribution in [2.45, 2.75) is 24.8 Å². The van der Waals surface area contributed by atoms with Crippen molar-refractivity contribution < 1.29 is 19.1 Å². The van der Waals surface area contributed by atoms with Crippen LogP contribution in [0, 0.1) is 0 Å². The fourth-order valence-electron chi connectivity index (χ4n) is 6.30. The molecule has 2 amide bonds. The van der Waals surface area contributed by atoms with Gasteiger partial charge in [0.15, 0.2) is 5.54 Å². The number of amides is 2. The number of H-pyrrole nitrogens is 1. The molecule has 1 aromatic heterocycles. The number of aromatic nitrogens is 1. The lowest BCUT2D eigenvalue weighted by Gasteiger charge is -2.51. The van der Waals surface area contributed by atoms with E-state index < -0.39 is 5.54 Å². The molecule has 1 N–H and O–H groups in total. The molecule has 2 saturated heterocycles. The first kappa shape index (κ1) is 24.0. The first-order valence-corrected chi connectivity index (χ1v) is 13.2. The zero-order chi connectivity index (χ0) is 25.6. The van der Waals surface area contributed by atoms with Crippen LogP contribution < -0.4 is 4.74 Å². The van der Waals surface area contributed by atoms with Crippen molar-refractivity contribution in [2.24, 2.45) is 0 Å². The van der Waals surface area contributed by atoms with Crippen LogP contribution in [0.2, 0.25) is 0 Å². The smallest absolute Gasteiger partial charge is 0.254 e. The fraction of sp³-hybridized carbons (Fsp3) is 0.448. The van der Waals surface area contributed by atoms with Crippen LogP contribution in [0.1, 0.15) is 36.1 Å². The highest BCUT2D eigenvalue weighted by atomic mass is 16.5. The van der Waals surface area contributed by atoms with E-state index in [0.717, 1.165) is 72.7 Å². The molecule has 0 spiro atoms. The zero-order valence-electron chi connectivity index (χ0n) is 21.5. The van der Waals surface area contributed by atoms with Gasteiger partial charge in [-0.2, -0.15) is 0 Å². The Morgan fingerprint density at radius 2 is 1.81 bits per heavy atom. The topological polar surface area (TPSA) is 78.1 Å². The number of carbonyl (C=O) groups excluding carboxylic acids is 2. The van der Waals surface area contributed by atoms with Crippen molar-refractivity contribution in [3.8, 4) is 5.75 Å². The Morgan fingerprint density at radius 1 is 1.05 bits per heavy atom. The van der Waals surface area contributed by atoms with E-state index in [1.807, 2.05) is 37.3 Å². The maximum absolute atomic E-state index is 14.1. The SMILES string of the molecule is COc1ccc(C2CN3C(=O)CN(CCCN4CCOCC4)C(=O)[C@]3(C)c3[nH]c4ccccc4c32)cc1. The number of morpholine rings is 1. The number of piperazine rings is 1. The highest BCUT2D eigenvalue weighted by Crippen LogP contribution is 2.48. The first-order valence-electron chi connectivity index (χ1n) is 13.2. The van der Waals surface area contributed by atoms with Gasteiger partial charge in [-0.25, -0.2) is 0 Å². The van der Waals surface area contributed by atoms with E-state index in [2.05, 4.69) is 28.1 Å². The lowest BCUT2D eigenvalue weighted by molar-refractivity contribution is -0.166. The molecule has 194 valence electrons. The summed E-state index contributed by atoms with van der Waals surface area (Å²) in [6, 6.07) is 16.2. The van der Waals surface area contributed by atoms with Crippen molar-refractivity contribution in [3.05, 3.63) is 65.4 Å². The summed E-state index contributed by atoms with van der Waals surface area (Å²) in [5, 5.41) is 1.10. The molecule has 0 radical (unpaired) electrons. The molecular formula is C29H34N4O4. The average molecular weight is 503 g/mol. The molecule has 2 fully saturated rings. The third-order valence-electron chi connectivity index (χ3n) is 8.34. The average Bonchev–Trinajstić information content (AvgIpc) is 3.33. The molecular weight excluding hydrogens is 468 g/mol. The number of hydrogen-bond acceptors (Lipinski definition) is 5. The van der Waals surface area contributed by atoms with Crippen LogP contribution in [0.15, 0.2) is 48.5 Å². The molecule has 2 aromatic carbocycles. The number of nitrogens with one attached hydrogen (secondary N) is 1. The molecule has 4 heterocycles. The maximum atomic E-state index is 14.1. The third-order valence-corrected chi connectivity index (χ3v) is 8.34. The van der Waals surface area contributed by atoms with Crippen molar-refractivity contribution in [2.75, 3.05) is 59.6 Å². The number of rotatable bonds is 6. The lowest BCUT2D eigenvalue weighted by Crippen LogP contribution is -2.67. The number of benzene rings is 2. The summed E-state index contributed by atoms with van der Waals surface area (Å²) < 4.78 is 10.8. The van der Waals surface area contributed by atoms with E-state index >= 15 is 0 Å². The van der Waals surface area contributed by atoms with Crippen LogP contribution in [0.25, 0.3) is 10.9 Å². The van der Waals surface area contributed by atoms with Crippen LogP contribution in [0.5, 0.6) is 5.75 Å². The summed E-state index contributed by atoms with van der Waals surface area (Å²) in [6.07, 6.45) is 0.836. The summed E-state index contributed by atoms with van der Waals surface area (Å²) in [7, 11) is 1.66. The van der Waals surface area contributed by atoms with Gasteiger partial charge in [0.1, 0.15) is 5.75 Å². The quantitative estimate of drug-likeness (QED) is 0.561. The Balaban J connectivity index is 1.36. The predicted octanol–water partition coefficient (Wildman–Crippen LogP) is 2.93. The van der Waals surface area contributed by atoms with Crippen molar-refractivity contribution >= 4 is 22.7 Å². The first-order chi connectivity index (χ1) is 18.0. The number of hydrogen-bond donors (Lipinski definition) is 1. The normalized spacial score (nSPS) is 24.3. The van der Waals surface area contributed by atoms with Crippen LogP contribution in [-0.4, -0.2) is 91.1 Å². The van der Waals surface area contributed by atoms with Gasteiger partial charge in [0.05, 0.1) is 32.6 Å². The fourth-order valence-corrected chi connectivity index (χ4v) is 6.30. The maximum Gasteiger partial charge on any atom is 0.254 e. The van der Waals surface area contributed by atoms with Crippen LogP contribution in [0.4, 0.5) is 0 Å². The molecule has 8 heteroatoms. The minimum absolute atomic E-state index is 0.00343. The van der Waals surface area contributed by atoms with Crippen LogP contribution >= 0.6 is 0 Å². The largest absolute Gasteiger partial charge is 0.497 e. The molecule has 8 nitrogen and oxygen atoms in total. The van der Waals surface area contributed by atoms with Gasteiger partial charge in [-0.05, 0) is 42.7 Å². The Labute approximate surface area is 217 Å². The second kappa shape index (κ2) is 9.50. The molecule has 1 unspecified atom stereocenters.